The minimum absolute atomic E-state index is 0.135. The third-order valence-electron chi connectivity index (χ3n) is 6.53. The number of carbonyl (C=O) groups excluding carboxylic acids is 1. The van der Waals surface area contributed by atoms with Gasteiger partial charge in [0.1, 0.15) is 23.6 Å². The average molecular weight is 523 g/mol. The molecule has 0 bridgehead atoms. The smallest absolute Gasteiger partial charge is 0.264 e. The van der Waals surface area contributed by atoms with Crippen LogP contribution >= 0.6 is 0 Å². The quantitative estimate of drug-likeness (QED) is 0.459. The topological polar surface area (TPSA) is 84.9 Å². The van der Waals surface area contributed by atoms with Gasteiger partial charge in [-0.3, -0.25) is 9.10 Å². The van der Waals surface area contributed by atoms with Gasteiger partial charge < -0.3 is 14.8 Å². The number of sulfonamides is 1. The summed E-state index contributed by atoms with van der Waals surface area (Å²) in [6.45, 7) is 9.25. The van der Waals surface area contributed by atoms with E-state index in [0.29, 0.717) is 23.6 Å². The van der Waals surface area contributed by atoms with Gasteiger partial charge in [-0.2, -0.15) is 0 Å². The fourth-order valence-electron chi connectivity index (χ4n) is 4.68. The maximum absolute atomic E-state index is 13.8. The Labute approximate surface area is 219 Å². The Hall–Kier alpha value is -3.52. The molecule has 1 heterocycles. The Bertz CT molecular complexity index is 1410. The predicted molar refractivity (Wildman–Crippen MR) is 145 cm³/mol. The van der Waals surface area contributed by atoms with Gasteiger partial charge in [0.25, 0.3) is 10.0 Å². The predicted octanol–water partition coefficient (Wildman–Crippen LogP) is 5.23. The molecule has 0 aromatic heterocycles. The van der Waals surface area contributed by atoms with E-state index >= 15 is 0 Å². The van der Waals surface area contributed by atoms with E-state index in [4.69, 9.17) is 9.47 Å². The first kappa shape index (κ1) is 26.5. The van der Waals surface area contributed by atoms with Gasteiger partial charge in [-0.15, -0.1) is 0 Å². The first-order valence-corrected chi connectivity index (χ1v) is 13.7. The molecule has 37 heavy (non-hydrogen) atoms. The fourth-order valence-corrected chi connectivity index (χ4v) is 6.17. The van der Waals surface area contributed by atoms with Gasteiger partial charge in [0.15, 0.2) is 0 Å². The third kappa shape index (κ3) is 5.74. The van der Waals surface area contributed by atoms with Crippen molar-refractivity contribution in [2.24, 2.45) is 0 Å². The highest BCUT2D eigenvalue weighted by Crippen LogP contribution is 2.41. The number of hydrogen-bond acceptors (Lipinski definition) is 5. The summed E-state index contributed by atoms with van der Waals surface area (Å²) in [5.74, 6) is 0.895. The summed E-state index contributed by atoms with van der Waals surface area (Å²) in [4.78, 5) is 13.6. The molecule has 8 heteroatoms. The third-order valence-corrected chi connectivity index (χ3v) is 8.30. The van der Waals surface area contributed by atoms with Crippen molar-refractivity contribution in [3.63, 3.8) is 0 Å². The van der Waals surface area contributed by atoms with Crippen LogP contribution in [0.1, 0.15) is 48.6 Å². The molecule has 1 N–H and O–H groups in total. The summed E-state index contributed by atoms with van der Waals surface area (Å²) in [6.07, 6.45) is 0.534. The zero-order valence-electron chi connectivity index (χ0n) is 22.2. The lowest BCUT2D eigenvalue weighted by Crippen LogP contribution is -2.45. The number of amides is 1. The van der Waals surface area contributed by atoms with E-state index in [-0.39, 0.29) is 17.5 Å². The Morgan fingerprint density at radius 1 is 1.03 bits per heavy atom. The van der Waals surface area contributed by atoms with Crippen LogP contribution in [-0.4, -0.2) is 33.6 Å². The van der Waals surface area contributed by atoms with E-state index in [1.165, 1.54) is 4.31 Å². The van der Waals surface area contributed by atoms with Crippen molar-refractivity contribution in [1.29, 1.82) is 0 Å². The summed E-state index contributed by atoms with van der Waals surface area (Å²) in [5.41, 5.74) is 3.50. The summed E-state index contributed by atoms with van der Waals surface area (Å²) in [6, 6.07) is 17.3. The number of nitrogens with zero attached hydrogens (tertiary/aromatic N) is 1. The van der Waals surface area contributed by atoms with Crippen molar-refractivity contribution >= 4 is 21.6 Å². The molecule has 1 atom stereocenters. The molecular weight excluding hydrogens is 488 g/mol. The number of carbonyl (C=O) groups is 1. The molecule has 1 aliphatic rings. The molecule has 4 rings (SSSR count). The van der Waals surface area contributed by atoms with Crippen molar-refractivity contribution in [1.82, 2.24) is 5.32 Å². The second-order valence-corrected chi connectivity index (χ2v) is 12.1. The zero-order chi connectivity index (χ0) is 27.0. The molecule has 0 saturated carbocycles. The van der Waals surface area contributed by atoms with Gasteiger partial charge in [0, 0.05) is 18.1 Å². The van der Waals surface area contributed by atoms with Crippen LogP contribution < -0.4 is 19.1 Å². The van der Waals surface area contributed by atoms with Gasteiger partial charge in [-0.05, 0) is 70.5 Å². The molecular formula is C29H34N2O5S. The molecule has 0 spiro atoms. The van der Waals surface area contributed by atoms with Gasteiger partial charge in [0.05, 0.1) is 23.7 Å². The number of anilines is 1. The Balaban J connectivity index is 1.67. The average Bonchev–Trinajstić information content (AvgIpc) is 2.82. The Morgan fingerprint density at radius 2 is 1.70 bits per heavy atom. The van der Waals surface area contributed by atoms with Crippen LogP contribution in [0.3, 0.4) is 0 Å². The van der Waals surface area contributed by atoms with Gasteiger partial charge >= 0.3 is 0 Å². The van der Waals surface area contributed by atoms with Gasteiger partial charge in [0.2, 0.25) is 5.91 Å². The van der Waals surface area contributed by atoms with E-state index in [2.05, 4.69) is 5.32 Å². The van der Waals surface area contributed by atoms with E-state index in [1.807, 2.05) is 58.9 Å². The first-order valence-electron chi connectivity index (χ1n) is 12.2. The van der Waals surface area contributed by atoms with E-state index < -0.39 is 21.5 Å². The molecule has 3 aromatic rings. The maximum Gasteiger partial charge on any atom is 0.264 e. The number of ether oxygens (including phenoxy) is 2. The molecule has 1 aliphatic heterocycles. The van der Waals surface area contributed by atoms with Crippen molar-refractivity contribution in [2.45, 2.75) is 57.6 Å². The van der Waals surface area contributed by atoms with Crippen molar-refractivity contribution < 1.29 is 22.7 Å². The monoisotopic (exact) mass is 522 g/mol. The SMILES string of the molecule is COc1ccc2c(c1)OC(C)(C)CC2NC(=O)CN(c1ccc(C)cc1C)S(=O)(=O)c1ccc(C)cc1. The second-order valence-electron chi connectivity index (χ2n) is 10.2. The summed E-state index contributed by atoms with van der Waals surface area (Å²) in [7, 11) is -2.41. The number of fused-ring (bicyclic) bond motifs is 1. The number of aryl methyl sites for hydroxylation is 3. The van der Waals surface area contributed by atoms with E-state index in [1.54, 1.807) is 43.5 Å². The molecule has 0 aliphatic carbocycles. The van der Waals surface area contributed by atoms with Crippen LogP contribution in [0.2, 0.25) is 0 Å². The highest BCUT2D eigenvalue weighted by atomic mass is 32.2. The molecule has 1 unspecified atom stereocenters. The van der Waals surface area contributed by atoms with Crippen LogP contribution in [0.15, 0.2) is 65.6 Å². The van der Waals surface area contributed by atoms with Crippen molar-refractivity contribution in [2.75, 3.05) is 18.0 Å². The highest BCUT2D eigenvalue weighted by Gasteiger charge is 2.36. The summed E-state index contributed by atoms with van der Waals surface area (Å²) in [5, 5.41) is 3.07. The minimum atomic E-state index is -4.00. The van der Waals surface area contributed by atoms with E-state index in [9.17, 15) is 13.2 Å². The van der Waals surface area contributed by atoms with Crippen LogP contribution in [-0.2, 0) is 14.8 Å². The van der Waals surface area contributed by atoms with Crippen LogP contribution in [0.25, 0.3) is 0 Å². The molecule has 3 aromatic carbocycles. The van der Waals surface area contributed by atoms with Crippen LogP contribution in [0.5, 0.6) is 11.5 Å². The molecule has 1 amide bonds. The number of benzene rings is 3. The summed E-state index contributed by atoms with van der Waals surface area (Å²) >= 11 is 0. The zero-order valence-corrected chi connectivity index (χ0v) is 23.0. The fraction of sp³-hybridized carbons (Fsp3) is 0.345. The molecule has 196 valence electrons. The van der Waals surface area contributed by atoms with Crippen molar-refractivity contribution in [3.05, 3.63) is 82.9 Å². The number of rotatable bonds is 7. The Kier molecular flexibility index (Phi) is 7.24. The van der Waals surface area contributed by atoms with Gasteiger partial charge in [-0.25, -0.2) is 8.42 Å². The minimum Gasteiger partial charge on any atom is -0.497 e. The lowest BCUT2D eigenvalue weighted by molar-refractivity contribution is -0.120. The van der Waals surface area contributed by atoms with Crippen LogP contribution in [0, 0.1) is 20.8 Å². The normalized spacial score (nSPS) is 16.3. The first-order chi connectivity index (χ1) is 17.4. The number of nitrogens with one attached hydrogen (secondary N) is 1. The second kappa shape index (κ2) is 10.1. The molecule has 7 nitrogen and oxygen atoms in total. The Morgan fingerprint density at radius 3 is 2.35 bits per heavy atom. The van der Waals surface area contributed by atoms with Crippen molar-refractivity contribution in [3.8, 4) is 11.5 Å². The maximum atomic E-state index is 13.8. The molecule has 0 radical (unpaired) electrons. The molecule has 0 fully saturated rings. The van der Waals surface area contributed by atoms with Gasteiger partial charge in [-0.1, -0.05) is 35.4 Å². The standard InChI is InChI=1S/C29H34N2O5S/c1-19-7-11-23(12-8-19)37(33,34)31(26-14-9-20(2)15-21(26)3)18-28(32)30-25-17-29(4,5)36-27-16-22(35-6)10-13-24(25)27/h7-16,25H,17-18H2,1-6H3,(H,30,32). The van der Waals surface area contributed by atoms with E-state index in [0.717, 1.165) is 22.3 Å². The van der Waals surface area contributed by atoms with Crippen LogP contribution in [0.4, 0.5) is 5.69 Å². The largest absolute Gasteiger partial charge is 0.497 e. The summed E-state index contributed by atoms with van der Waals surface area (Å²) < 4.78 is 40.2. The number of hydrogen-bond donors (Lipinski definition) is 1. The molecule has 0 saturated heterocycles. The lowest BCUT2D eigenvalue weighted by atomic mass is 9.89. The lowest BCUT2D eigenvalue weighted by Gasteiger charge is -2.38. The number of methoxy groups -OCH3 is 1. The highest BCUT2D eigenvalue weighted by molar-refractivity contribution is 7.92.